The molecule has 0 fully saturated rings. The Morgan fingerprint density at radius 1 is 0.864 bits per heavy atom. The highest BCUT2D eigenvalue weighted by Gasteiger charge is 2.19. The van der Waals surface area contributed by atoms with Crippen molar-refractivity contribution in [3.63, 3.8) is 0 Å². The van der Waals surface area contributed by atoms with Crippen LogP contribution in [-0.2, 0) is 17.9 Å². The Balaban J connectivity index is 2.17. The number of aldehydes is 1. The molecule has 0 radical (unpaired) electrons. The Bertz CT molecular complexity index is 509. The summed E-state index contributed by atoms with van der Waals surface area (Å²) in [5, 5.41) is 0. The van der Waals surface area contributed by atoms with E-state index in [0.717, 1.165) is 25.8 Å². The highest BCUT2D eigenvalue weighted by Crippen LogP contribution is 2.17. The molecule has 0 heterocycles. The van der Waals surface area contributed by atoms with E-state index in [1.54, 1.807) is 0 Å². The highest BCUT2D eigenvalue weighted by atomic mass is 16.1. The predicted octanol–water partition coefficient (Wildman–Crippen LogP) is 4.30. The third-order valence-corrected chi connectivity index (χ3v) is 3.80. The lowest BCUT2D eigenvalue weighted by Gasteiger charge is -2.29. The lowest BCUT2D eigenvalue weighted by atomic mass is 10.0. The van der Waals surface area contributed by atoms with E-state index in [9.17, 15) is 4.79 Å². The number of carbonyl (C=O) groups is 1. The van der Waals surface area contributed by atoms with Gasteiger partial charge < -0.3 is 4.79 Å². The Labute approximate surface area is 133 Å². The maximum absolute atomic E-state index is 11.6. The molecule has 0 aliphatic rings. The standard InChI is InChI=1S/C20H25NO/c1-17(2)13-20(16-22)21(14-18-9-5-3-6-10-18)15-19-11-7-4-8-12-19/h3-12,16-17,20H,13-15H2,1-2H3/t20-/m0/s1. The van der Waals surface area contributed by atoms with E-state index in [1.807, 2.05) is 36.4 Å². The third-order valence-electron chi connectivity index (χ3n) is 3.80. The van der Waals surface area contributed by atoms with Crippen molar-refractivity contribution in [2.75, 3.05) is 0 Å². The smallest absolute Gasteiger partial charge is 0.137 e. The Kier molecular flexibility index (Phi) is 6.35. The third kappa shape index (κ3) is 5.12. The summed E-state index contributed by atoms with van der Waals surface area (Å²) in [6.45, 7) is 5.93. The second-order valence-electron chi connectivity index (χ2n) is 6.21. The second kappa shape index (κ2) is 8.50. The van der Waals surface area contributed by atoms with Crippen LogP contribution >= 0.6 is 0 Å². The summed E-state index contributed by atoms with van der Waals surface area (Å²) in [5.41, 5.74) is 2.49. The van der Waals surface area contributed by atoms with E-state index < -0.39 is 0 Å². The number of rotatable bonds is 8. The first-order valence-electron chi connectivity index (χ1n) is 7.96. The van der Waals surface area contributed by atoms with Crippen molar-refractivity contribution in [1.29, 1.82) is 0 Å². The summed E-state index contributed by atoms with van der Waals surface area (Å²) in [6, 6.07) is 20.7. The van der Waals surface area contributed by atoms with Crippen LogP contribution in [0.15, 0.2) is 60.7 Å². The van der Waals surface area contributed by atoms with Crippen LogP contribution < -0.4 is 0 Å². The number of hydrogen-bond acceptors (Lipinski definition) is 2. The molecule has 2 aromatic carbocycles. The Morgan fingerprint density at radius 2 is 1.32 bits per heavy atom. The van der Waals surface area contributed by atoms with Gasteiger partial charge in [-0.2, -0.15) is 0 Å². The fraction of sp³-hybridized carbons (Fsp3) is 0.350. The van der Waals surface area contributed by atoms with E-state index >= 15 is 0 Å². The summed E-state index contributed by atoms with van der Waals surface area (Å²) in [6.07, 6.45) is 2.00. The quantitative estimate of drug-likeness (QED) is 0.677. The fourth-order valence-electron chi connectivity index (χ4n) is 2.70. The molecule has 0 N–H and O–H groups in total. The zero-order valence-electron chi connectivity index (χ0n) is 13.5. The van der Waals surface area contributed by atoms with E-state index in [4.69, 9.17) is 0 Å². The molecule has 2 heteroatoms. The van der Waals surface area contributed by atoms with Gasteiger partial charge in [-0.3, -0.25) is 4.90 Å². The first-order valence-corrected chi connectivity index (χ1v) is 7.96. The van der Waals surface area contributed by atoms with Crippen LogP contribution in [0.2, 0.25) is 0 Å². The molecule has 0 saturated heterocycles. The molecule has 116 valence electrons. The van der Waals surface area contributed by atoms with E-state index in [-0.39, 0.29) is 6.04 Å². The molecule has 0 aromatic heterocycles. The van der Waals surface area contributed by atoms with Crippen LogP contribution in [0.3, 0.4) is 0 Å². The van der Waals surface area contributed by atoms with Crippen molar-refractivity contribution in [3.05, 3.63) is 71.8 Å². The first kappa shape index (κ1) is 16.4. The number of benzene rings is 2. The van der Waals surface area contributed by atoms with Crippen LogP contribution in [0, 0.1) is 5.92 Å². The minimum absolute atomic E-state index is 0.0413. The van der Waals surface area contributed by atoms with Crippen molar-refractivity contribution in [1.82, 2.24) is 4.90 Å². The van der Waals surface area contributed by atoms with Crippen LogP contribution in [0.25, 0.3) is 0 Å². The van der Waals surface area contributed by atoms with Gasteiger partial charge in [0, 0.05) is 13.1 Å². The monoisotopic (exact) mass is 295 g/mol. The number of nitrogens with zero attached hydrogens (tertiary/aromatic N) is 1. The normalized spacial score (nSPS) is 12.5. The maximum Gasteiger partial charge on any atom is 0.137 e. The van der Waals surface area contributed by atoms with Crippen molar-refractivity contribution in [3.8, 4) is 0 Å². The Hall–Kier alpha value is -1.93. The molecule has 0 unspecified atom stereocenters. The molecule has 0 aliphatic carbocycles. The summed E-state index contributed by atoms with van der Waals surface area (Å²) < 4.78 is 0. The van der Waals surface area contributed by atoms with Crippen LogP contribution in [0.4, 0.5) is 0 Å². The second-order valence-corrected chi connectivity index (χ2v) is 6.21. The Morgan fingerprint density at radius 3 is 1.68 bits per heavy atom. The molecule has 0 amide bonds. The van der Waals surface area contributed by atoms with Gasteiger partial charge in [0.2, 0.25) is 0 Å². The molecule has 0 saturated carbocycles. The zero-order chi connectivity index (χ0) is 15.8. The van der Waals surface area contributed by atoms with Crippen molar-refractivity contribution < 1.29 is 4.79 Å². The predicted molar refractivity (Wildman–Crippen MR) is 91.4 cm³/mol. The van der Waals surface area contributed by atoms with Gasteiger partial charge in [0.1, 0.15) is 6.29 Å². The average molecular weight is 295 g/mol. The molecular formula is C20H25NO. The van der Waals surface area contributed by atoms with Crippen molar-refractivity contribution in [2.45, 2.75) is 39.4 Å². The lowest BCUT2D eigenvalue weighted by molar-refractivity contribution is -0.113. The summed E-state index contributed by atoms with van der Waals surface area (Å²) in [7, 11) is 0. The molecule has 2 rings (SSSR count). The van der Waals surface area contributed by atoms with Gasteiger partial charge in [0.05, 0.1) is 6.04 Å². The fourth-order valence-corrected chi connectivity index (χ4v) is 2.70. The van der Waals surface area contributed by atoms with Gasteiger partial charge in [0.25, 0.3) is 0 Å². The first-order chi connectivity index (χ1) is 10.7. The molecule has 22 heavy (non-hydrogen) atoms. The van der Waals surface area contributed by atoms with Gasteiger partial charge in [-0.05, 0) is 23.5 Å². The van der Waals surface area contributed by atoms with Crippen LogP contribution in [-0.4, -0.2) is 17.2 Å². The molecule has 0 aliphatic heterocycles. The minimum atomic E-state index is -0.0413. The van der Waals surface area contributed by atoms with Gasteiger partial charge >= 0.3 is 0 Å². The zero-order valence-corrected chi connectivity index (χ0v) is 13.5. The molecule has 0 bridgehead atoms. The largest absolute Gasteiger partial charge is 0.302 e. The van der Waals surface area contributed by atoms with Crippen molar-refractivity contribution >= 4 is 6.29 Å². The summed E-state index contributed by atoms with van der Waals surface area (Å²) >= 11 is 0. The summed E-state index contributed by atoms with van der Waals surface area (Å²) in [4.78, 5) is 13.9. The molecular weight excluding hydrogens is 270 g/mol. The highest BCUT2D eigenvalue weighted by molar-refractivity contribution is 5.57. The molecule has 2 nitrogen and oxygen atoms in total. The van der Waals surface area contributed by atoms with E-state index in [2.05, 4.69) is 43.0 Å². The number of carbonyl (C=O) groups excluding carboxylic acids is 1. The lowest BCUT2D eigenvalue weighted by Crippen LogP contribution is -2.36. The van der Waals surface area contributed by atoms with Gasteiger partial charge in [-0.1, -0.05) is 74.5 Å². The number of hydrogen-bond donors (Lipinski definition) is 0. The van der Waals surface area contributed by atoms with Gasteiger partial charge in [-0.15, -0.1) is 0 Å². The topological polar surface area (TPSA) is 20.3 Å². The van der Waals surface area contributed by atoms with Crippen LogP contribution in [0.1, 0.15) is 31.4 Å². The van der Waals surface area contributed by atoms with Crippen LogP contribution in [0.5, 0.6) is 0 Å². The minimum Gasteiger partial charge on any atom is -0.302 e. The van der Waals surface area contributed by atoms with Gasteiger partial charge in [-0.25, -0.2) is 0 Å². The van der Waals surface area contributed by atoms with Crippen molar-refractivity contribution in [2.24, 2.45) is 5.92 Å². The van der Waals surface area contributed by atoms with Gasteiger partial charge in [0.15, 0.2) is 0 Å². The molecule has 1 atom stereocenters. The SMILES string of the molecule is CC(C)C[C@@H](C=O)N(Cc1ccccc1)Cc1ccccc1. The molecule has 2 aromatic rings. The van der Waals surface area contributed by atoms with E-state index in [0.29, 0.717) is 5.92 Å². The average Bonchev–Trinajstić information content (AvgIpc) is 2.54. The van der Waals surface area contributed by atoms with E-state index in [1.165, 1.54) is 11.1 Å². The maximum atomic E-state index is 11.6. The molecule has 0 spiro atoms. The summed E-state index contributed by atoms with van der Waals surface area (Å²) in [5.74, 6) is 0.504.